The van der Waals surface area contributed by atoms with Gasteiger partial charge in [-0.15, -0.1) is 0 Å². The number of ether oxygens (including phenoxy) is 2. The predicted octanol–water partition coefficient (Wildman–Crippen LogP) is 3.57. The summed E-state index contributed by atoms with van der Waals surface area (Å²) in [6, 6.07) is 0. The molecule has 0 aromatic heterocycles. The molecule has 1 rings (SSSR count). The fourth-order valence-electron chi connectivity index (χ4n) is 1.62. The van der Waals surface area contributed by atoms with Gasteiger partial charge in [-0.25, -0.2) is 4.79 Å². The average molecular weight is 314 g/mol. The fraction of sp³-hybridized carbons (Fsp3) is 0.765. The van der Waals surface area contributed by atoms with Crippen LogP contribution in [0.2, 0.25) is 0 Å². The van der Waals surface area contributed by atoms with Crippen molar-refractivity contribution < 1.29 is 24.2 Å². The van der Waals surface area contributed by atoms with E-state index in [4.69, 9.17) is 14.6 Å². The van der Waals surface area contributed by atoms with Crippen LogP contribution in [0.15, 0.2) is 12.2 Å². The van der Waals surface area contributed by atoms with E-state index in [0.717, 1.165) is 19.4 Å². The first-order chi connectivity index (χ1) is 10.2. The summed E-state index contributed by atoms with van der Waals surface area (Å²) >= 11 is 0. The zero-order valence-corrected chi connectivity index (χ0v) is 14.3. The second-order valence-corrected chi connectivity index (χ2v) is 6.33. The summed E-state index contributed by atoms with van der Waals surface area (Å²) in [5.41, 5.74) is -0.169. The third-order valence-electron chi connectivity index (χ3n) is 3.38. The lowest BCUT2D eigenvalue weighted by Crippen LogP contribution is -2.27. The third kappa shape index (κ3) is 10.4. The molecule has 1 fully saturated rings. The zero-order chi connectivity index (χ0) is 17.2. The molecule has 5 nitrogen and oxygen atoms in total. The van der Waals surface area contributed by atoms with E-state index in [-0.39, 0.29) is 23.1 Å². The molecule has 1 atom stereocenters. The Morgan fingerprint density at radius 3 is 2.27 bits per heavy atom. The van der Waals surface area contributed by atoms with Gasteiger partial charge in [0.25, 0.3) is 0 Å². The molecule has 1 aliphatic heterocycles. The molecule has 1 aliphatic rings. The Balaban J connectivity index is 0.000000626. The molecular weight excluding hydrogens is 284 g/mol. The van der Waals surface area contributed by atoms with Gasteiger partial charge in [0.2, 0.25) is 0 Å². The summed E-state index contributed by atoms with van der Waals surface area (Å²) in [5, 5.41) is 7.89. The number of carbonyl (C=O) groups excluding carboxylic acids is 1. The molecule has 0 saturated carbocycles. The van der Waals surface area contributed by atoms with E-state index in [9.17, 15) is 9.59 Å². The second-order valence-electron chi connectivity index (χ2n) is 6.33. The van der Waals surface area contributed by atoms with Crippen molar-refractivity contribution in [3.63, 3.8) is 0 Å². The largest absolute Gasteiger partial charge is 0.478 e. The van der Waals surface area contributed by atoms with Crippen molar-refractivity contribution in [2.45, 2.75) is 65.9 Å². The van der Waals surface area contributed by atoms with Crippen LogP contribution in [0.4, 0.5) is 0 Å². The Morgan fingerprint density at radius 2 is 1.86 bits per heavy atom. The third-order valence-corrected chi connectivity index (χ3v) is 3.38. The molecular formula is C17H30O5. The van der Waals surface area contributed by atoms with E-state index in [1.54, 1.807) is 0 Å². The van der Waals surface area contributed by atoms with Gasteiger partial charge < -0.3 is 14.6 Å². The Kier molecular flexibility index (Phi) is 9.74. The van der Waals surface area contributed by atoms with Crippen molar-refractivity contribution in [2.75, 3.05) is 13.2 Å². The first kappa shape index (κ1) is 20.6. The Labute approximate surface area is 133 Å². The minimum absolute atomic E-state index is 0.0838. The van der Waals surface area contributed by atoms with E-state index in [0.29, 0.717) is 6.61 Å². The van der Waals surface area contributed by atoms with Gasteiger partial charge in [-0.2, -0.15) is 0 Å². The maximum Gasteiger partial charge on any atom is 0.330 e. The summed E-state index contributed by atoms with van der Waals surface area (Å²) in [6.07, 6.45) is 5.87. The molecule has 0 bridgehead atoms. The molecule has 0 radical (unpaired) electrons. The van der Waals surface area contributed by atoms with Gasteiger partial charge in [0.1, 0.15) is 12.7 Å². The summed E-state index contributed by atoms with van der Waals surface area (Å²) < 4.78 is 10.2. The van der Waals surface area contributed by atoms with Gasteiger partial charge in [-0.3, -0.25) is 4.79 Å². The number of carboxylic acids is 1. The van der Waals surface area contributed by atoms with Crippen LogP contribution in [0, 0.1) is 5.41 Å². The van der Waals surface area contributed by atoms with Crippen LogP contribution < -0.4 is 0 Å². The lowest BCUT2D eigenvalue weighted by molar-refractivity contribution is -0.154. The normalized spacial score (nSPS) is 16.3. The van der Waals surface area contributed by atoms with E-state index < -0.39 is 5.97 Å². The number of rotatable bonds is 9. The topological polar surface area (TPSA) is 76.1 Å². The molecule has 0 spiro atoms. The highest BCUT2D eigenvalue weighted by Crippen LogP contribution is 2.26. The van der Waals surface area contributed by atoms with Crippen molar-refractivity contribution in [2.24, 2.45) is 5.41 Å². The number of unbranched alkanes of at least 4 members (excludes halogenated alkanes) is 3. The zero-order valence-electron chi connectivity index (χ0n) is 14.3. The average Bonchev–Trinajstić information content (AvgIpc) is 3.25. The first-order valence-corrected chi connectivity index (χ1v) is 7.88. The van der Waals surface area contributed by atoms with Crippen molar-refractivity contribution in [3.8, 4) is 0 Å². The van der Waals surface area contributed by atoms with Gasteiger partial charge in [-0.05, 0) is 27.2 Å². The highest BCUT2D eigenvalue weighted by molar-refractivity contribution is 5.84. The SMILES string of the molecule is C=C(C)C(=O)O.CCCCCCC(C)(C)C(=O)OCC1CO1. The number of esters is 1. The van der Waals surface area contributed by atoms with Crippen LogP contribution in [0.1, 0.15) is 59.8 Å². The molecule has 0 aromatic rings. The maximum absolute atomic E-state index is 11.8. The Morgan fingerprint density at radius 1 is 1.32 bits per heavy atom. The van der Waals surface area contributed by atoms with Crippen molar-refractivity contribution >= 4 is 11.9 Å². The standard InChI is InChI=1S/C13H24O3.C4H6O2/c1-4-5-6-7-8-13(2,3)12(14)16-10-11-9-15-11;1-3(2)4(5)6/h11H,4-10H2,1-3H3;1H2,2H3,(H,5,6). The molecule has 0 aromatic carbocycles. The van der Waals surface area contributed by atoms with Gasteiger partial charge >= 0.3 is 11.9 Å². The van der Waals surface area contributed by atoms with Crippen LogP contribution in [0.5, 0.6) is 0 Å². The minimum Gasteiger partial charge on any atom is -0.478 e. The molecule has 22 heavy (non-hydrogen) atoms. The smallest absolute Gasteiger partial charge is 0.330 e. The van der Waals surface area contributed by atoms with Crippen LogP contribution in [0.25, 0.3) is 0 Å². The number of carbonyl (C=O) groups is 2. The molecule has 1 unspecified atom stereocenters. The Bertz CT molecular complexity index is 357. The van der Waals surface area contributed by atoms with Crippen LogP contribution in [0.3, 0.4) is 0 Å². The van der Waals surface area contributed by atoms with Gasteiger partial charge in [-0.1, -0.05) is 39.2 Å². The van der Waals surface area contributed by atoms with E-state index in [2.05, 4.69) is 13.5 Å². The molecule has 1 saturated heterocycles. The van der Waals surface area contributed by atoms with Crippen molar-refractivity contribution in [1.82, 2.24) is 0 Å². The first-order valence-electron chi connectivity index (χ1n) is 7.88. The minimum atomic E-state index is -0.935. The summed E-state index contributed by atoms with van der Waals surface area (Å²) in [5.74, 6) is -1.02. The van der Waals surface area contributed by atoms with Gasteiger partial charge in [0.15, 0.2) is 0 Å². The molecule has 0 aliphatic carbocycles. The number of epoxide rings is 1. The lowest BCUT2D eigenvalue weighted by Gasteiger charge is -2.22. The molecule has 128 valence electrons. The van der Waals surface area contributed by atoms with Crippen LogP contribution >= 0.6 is 0 Å². The van der Waals surface area contributed by atoms with Gasteiger partial charge in [0.05, 0.1) is 12.0 Å². The van der Waals surface area contributed by atoms with E-state index >= 15 is 0 Å². The quantitative estimate of drug-likeness (QED) is 0.305. The number of hydrogen-bond acceptors (Lipinski definition) is 4. The van der Waals surface area contributed by atoms with E-state index in [1.807, 2.05) is 13.8 Å². The van der Waals surface area contributed by atoms with Gasteiger partial charge in [0, 0.05) is 5.57 Å². The predicted molar refractivity (Wildman–Crippen MR) is 85.7 cm³/mol. The Hall–Kier alpha value is -1.36. The molecule has 1 N–H and O–H groups in total. The monoisotopic (exact) mass is 314 g/mol. The number of aliphatic carboxylic acids is 1. The molecule has 5 heteroatoms. The second kappa shape index (κ2) is 10.4. The summed E-state index contributed by atoms with van der Waals surface area (Å²) in [6.45, 7) is 11.9. The molecule has 0 amide bonds. The lowest BCUT2D eigenvalue weighted by atomic mass is 9.87. The van der Waals surface area contributed by atoms with Crippen LogP contribution in [-0.2, 0) is 19.1 Å². The summed E-state index contributed by atoms with van der Waals surface area (Å²) in [4.78, 5) is 21.4. The van der Waals surface area contributed by atoms with Crippen molar-refractivity contribution in [1.29, 1.82) is 0 Å². The number of carboxylic acid groups (broad SMARTS) is 1. The number of hydrogen-bond donors (Lipinski definition) is 1. The molecule has 1 heterocycles. The highest BCUT2D eigenvalue weighted by atomic mass is 16.6. The van der Waals surface area contributed by atoms with Crippen LogP contribution in [-0.4, -0.2) is 36.4 Å². The van der Waals surface area contributed by atoms with Crippen molar-refractivity contribution in [3.05, 3.63) is 12.2 Å². The van der Waals surface area contributed by atoms with E-state index in [1.165, 1.54) is 26.2 Å². The fourth-order valence-corrected chi connectivity index (χ4v) is 1.62. The summed E-state index contributed by atoms with van der Waals surface area (Å²) in [7, 11) is 0. The highest BCUT2D eigenvalue weighted by Gasteiger charge is 2.31. The maximum atomic E-state index is 11.8.